The molecule has 0 aliphatic heterocycles. The van der Waals surface area contributed by atoms with Gasteiger partial charge >= 0.3 is 0 Å². The summed E-state index contributed by atoms with van der Waals surface area (Å²) in [7, 11) is 0. The molecule has 0 amide bonds. The molecule has 5 nitrogen and oxygen atoms in total. The number of aromatic amines is 1. The van der Waals surface area contributed by atoms with E-state index in [1.807, 2.05) is 41.9 Å². The lowest BCUT2D eigenvalue weighted by atomic mass is 9.80. The zero-order valence-electron chi connectivity index (χ0n) is 14.8. The van der Waals surface area contributed by atoms with Gasteiger partial charge in [0.05, 0.1) is 22.5 Å². The van der Waals surface area contributed by atoms with Gasteiger partial charge in [0.1, 0.15) is 5.69 Å². The van der Waals surface area contributed by atoms with Crippen molar-refractivity contribution >= 4 is 23.5 Å². The Morgan fingerprint density at radius 2 is 1.96 bits per heavy atom. The van der Waals surface area contributed by atoms with E-state index in [4.69, 9.17) is 5.10 Å². The van der Waals surface area contributed by atoms with Crippen LogP contribution in [0.3, 0.4) is 0 Å². The Morgan fingerprint density at radius 3 is 2.62 bits per heavy atom. The molecule has 2 heterocycles. The SMILES string of the molecule is CCC1(O)CCC(n2nc(-c3ccc(S)cc3)c3c(=O)[nH]ccc32)CC1. The maximum atomic E-state index is 12.5. The third kappa shape index (κ3) is 2.97. The van der Waals surface area contributed by atoms with Crippen LogP contribution in [0.1, 0.15) is 45.1 Å². The minimum Gasteiger partial charge on any atom is -0.390 e. The van der Waals surface area contributed by atoms with Crippen LogP contribution in [0.4, 0.5) is 0 Å². The fourth-order valence-corrected chi connectivity index (χ4v) is 4.09. The summed E-state index contributed by atoms with van der Waals surface area (Å²) in [6.07, 6.45) is 5.71. The van der Waals surface area contributed by atoms with Crippen LogP contribution in [0.15, 0.2) is 46.2 Å². The van der Waals surface area contributed by atoms with Gasteiger partial charge in [-0.2, -0.15) is 5.10 Å². The Morgan fingerprint density at radius 1 is 1.27 bits per heavy atom. The van der Waals surface area contributed by atoms with E-state index in [1.54, 1.807) is 6.20 Å². The predicted molar refractivity (Wildman–Crippen MR) is 106 cm³/mol. The van der Waals surface area contributed by atoms with Crippen LogP contribution in [0, 0.1) is 0 Å². The summed E-state index contributed by atoms with van der Waals surface area (Å²) in [6.45, 7) is 2.03. The first-order chi connectivity index (χ1) is 12.5. The number of thiol groups is 1. The second-order valence-electron chi connectivity index (χ2n) is 7.22. The highest BCUT2D eigenvalue weighted by Gasteiger charge is 2.33. The number of nitrogens with zero attached hydrogens (tertiary/aromatic N) is 2. The van der Waals surface area contributed by atoms with Gasteiger partial charge in [0.25, 0.3) is 5.56 Å². The topological polar surface area (TPSA) is 70.9 Å². The average Bonchev–Trinajstić information content (AvgIpc) is 3.04. The second kappa shape index (κ2) is 6.59. The van der Waals surface area contributed by atoms with Crippen molar-refractivity contribution in [3.05, 3.63) is 46.9 Å². The van der Waals surface area contributed by atoms with E-state index in [9.17, 15) is 9.90 Å². The third-order valence-electron chi connectivity index (χ3n) is 5.66. The predicted octanol–water partition coefficient (Wildman–Crippen LogP) is 3.94. The number of hydrogen-bond donors (Lipinski definition) is 3. The lowest BCUT2D eigenvalue weighted by Crippen LogP contribution is -2.34. The minimum atomic E-state index is -0.553. The van der Waals surface area contributed by atoms with Gasteiger partial charge in [-0.25, -0.2) is 0 Å². The van der Waals surface area contributed by atoms with E-state index >= 15 is 0 Å². The van der Waals surface area contributed by atoms with Crippen molar-refractivity contribution in [1.82, 2.24) is 14.8 Å². The quantitative estimate of drug-likeness (QED) is 0.613. The molecule has 1 aromatic carbocycles. The summed E-state index contributed by atoms with van der Waals surface area (Å²) < 4.78 is 1.99. The van der Waals surface area contributed by atoms with E-state index in [0.29, 0.717) is 11.1 Å². The molecule has 136 valence electrons. The lowest BCUT2D eigenvalue weighted by molar-refractivity contribution is -0.0114. The molecular weight excluding hydrogens is 346 g/mol. The van der Waals surface area contributed by atoms with Crippen LogP contribution in [0.25, 0.3) is 22.2 Å². The van der Waals surface area contributed by atoms with Crippen molar-refractivity contribution in [3.63, 3.8) is 0 Å². The van der Waals surface area contributed by atoms with Crippen LogP contribution in [0.5, 0.6) is 0 Å². The molecule has 0 atom stereocenters. The number of benzene rings is 1. The summed E-state index contributed by atoms with van der Waals surface area (Å²) in [5.41, 5.74) is 1.78. The molecule has 1 aliphatic carbocycles. The molecular formula is C20H23N3O2S. The van der Waals surface area contributed by atoms with Crippen LogP contribution < -0.4 is 5.56 Å². The van der Waals surface area contributed by atoms with Crippen molar-refractivity contribution in [2.45, 2.75) is 55.6 Å². The number of fused-ring (bicyclic) bond motifs is 1. The lowest BCUT2D eigenvalue weighted by Gasteiger charge is -2.35. The van der Waals surface area contributed by atoms with Crippen LogP contribution >= 0.6 is 12.6 Å². The second-order valence-corrected chi connectivity index (χ2v) is 7.73. The summed E-state index contributed by atoms with van der Waals surface area (Å²) in [6, 6.07) is 9.81. The number of aliphatic hydroxyl groups is 1. The van der Waals surface area contributed by atoms with Gasteiger partial charge in [0.15, 0.2) is 0 Å². The van der Waals surface area contributed by atoms with E-state index in [0.717, 1.165) is 48.1 Å². The number of rotatable bonds is 3. The maximum absolute atomic E-state index is 12.5. The molecule has 2 N–H and O–H groups in total. The fourth-order valence-electron chi connectivity index (χ4n) is 3.94. The van der Waals surface area contributed by atoms with E-state index in [-0.39, 0.29) is 11.6 Å². The van der Waals surface area contributed by atoms with Crippen molar-refractivity contribution in [2.24, 2.45) is 0 Å². The Bertz CT molecular complexity index is 982. The van der Waals surface area contributed by atoms with Crippen molar-refractivity contribution in [3.8, 4) is 11.3 Å². The molecule has 2 aromatic heterocycles. The molecule has 0 unspecified atom stereocenters. The maximum Gasteiger partial charge on any atom is 0.259 e. The summed E-state index contributed by atoms with van der Waals surface area (Å²) in [4.78, 5) is 16.2. The molecule has 0 spiro atoms. The highest BCUT2D eigenvalue weighted by Crippen LogP contribution is 2.38. The molecule has 0 radical (unpaired) electrons. The van der Waals surface area contributed by atoms with Crippen molar-refractivity contribution in [2.75, 3.05) is 0 Å². The summed E-state index contributed by atoms with van der Waals surface area (Å²) in [5, 5.41) is 16.0. The highest BCUT2D eigenvalue weighted by molar-refractivity contribution is 7.80. The minimum absolute atomic E-state index is 0.125. The van der Waals surface area contributed by atoms with E-state index in [2.05, 4.69) is 17.6 Å². The van der Waals surface area contributed by atoms with Gasteiger partial charge in [-0.1, -0.05) is 19.1 Å². The molecule has 6 heteroatoms. The van der Waals surface area contributed by atoms with Gasteiger partial charge in [-0.3, -0.25) is 9.48 Å². The fraction of sp³-hybridized carbons (Fsp3) is 0.400. The molecule has 1 fully saturated rings. The van der Waals surface area contributed by atoms with E-state index in [1.165, 1.54) is 0 Å². The molecule has 0 bridgehead atoms. The highest BCUT2D eigenvalue weighted by atomic mass is 32.1. The first kappa shape index (κ1) is 17.4. The Hall–Kier alpha value is -2.05. The molecule has 1 aliphatic rings. The number of aromatic nitrogens is 3. The number of hydrogen-bond acceptors (Lipinski definition) is 4. The van der Waals surface area contributed by atoms with Gasteiger partial charge in [0, 0.05) is 16.7 Å². The Labute approximate surface area is 157 Å². The Balaban J connectivity index is 1.81. The first-order valence-corrected chi connectivity index (χ1v) is 9.57. The van der Waals surface area contributed by atoms with Crippen molar-refractivity contribution in [1.29, 1.82) is 0 Å². The average molecular weight is 369 g/mol. The molecule has 4 rings (SSSR count). The standard InChI is InChI=1S/C20H23N3O2S/c1-2-20(25)10-7-14(8-11-20)23-16-9-12-21-19(24)17(16)18(22-23)13-3-5-15(26)6-4-13/h3-6,9,12,14,25-26H,2,7-8,10-11H2,1H3,(H,21,24). The third-order valence-corrected chi connectivity index (χ3v) is 5.96. The van der Waals surface area contributed by atoms with Gasteiger partial charge in [-0.05, 0) is 50.3 Å². The van der Waals surface area contributed by atoms with E-state index < -0.39 is 5.60 Å². The Kier molecular flexibility index (Phi) is 4.40. The molecule has 26 heavy (non-hydrogen) atoms. The van der Waals surface area contributed by atoms with Crippen LogP contribution in [-0.2, 0) is 0 Å². The monoisotopic (exact) mass is 369 g/mol. The zero-order valence-corrected chi connectivity index (χ0v) is 15.7. The smallest absolute Gasteiger partial charge is 0.259 e. The molecule has 0 saturated heterocycles. The number of nitrogens with one attached hydrogen (secondary N) is 1. The molecule has 1 saturated carbocycles. The molecule has 3 aromatic rings. The van der Waals surface area contributed by atoms with Gasteiger partial charge in [-0.15, -0.1) is 12.6 Å². The summed E-state index contributed by atoms with van der Waals surface area (Å²) >= 11 is 4.33. The van der Waals surface area contributed by atoms with Crippen LogP contribution in [-0.4, -0.2) is 25.5 Å². The number of H-pyrrole nitrogens is 1. The van der Waals surface area contributed by atoms with Crippen LogP contribution in [0.2, 0.25) is 0 Å². The van der Waals surface area contributed by atoms with Gasteiger partial charge in [0.2, 0.25) is 0 Å². The van der Waals surface area contributed by atoms with Gasteiger partial charge < -0.3 is 10.1 Å². The normalized spacial score (nSPS) is 23.4. The first-order valence-electron chi connectivity index (χ1n) is 9.12. The summed E-state index contributed by atoms with van der Waals surface area (Å²) in [5.74, 6) is 0. The zero-order chi connectivity index (χ0) is 18.3. The largest absolute Gasteiger partial charge is 0.390 e. The van der Waals surface area contributed by atoms with Crippen molar-refractivity contribution < 1.29 is 5.11 Å². The number of pyridine rings is 1.